The summed E-state index contributed by atoms with van der Waals surface area (Å²) in [5, 5.41) is 3.36. The number of carbonyl (C=O) groups excluding carboxylic acids is 1. The minimum absolute atomic E-state index is 0.0453. The molecule has 1 N–H and O–H groups in total. The van der Waals surface area contributed by atoms with Gasteiger partial charge < -0.3 is 5.32 Å². The Morgan fingerprint density at radius 3 is 2.03 bits per heavy atom. The van der Waals surface area contributed by atoms with Gasteiger partial charge in [-0.2, -0.15) is 0 Å². The second-order valence-corrected chi connectivity index (χ2v) is 11.3. The lowest BCUT2D eigenvalue weighted by atomic mass is 10.3. The normalized spacial score (nSPS) is 11.1. The van der Waals surface area contributed by atoms with Crippen LogP contribution < -0.4 is 9.62 Å². The lowest BCUT2D eigenvalue weighted by molar-refractivity contribution is -0.114. The topological polar surface area (TPSA) is 66.5 Å². The Morgan fingerprint density at radius 2 is 1.37 bits per heavy atom. The Balaban J connectivity index is 1.64. The first-order chi connectivity index (χ1) is 16.8. The summed E-state index contributed by atoms with van der Waals surface area (Å²) in [6.07, 6.45) is 0. The van der Waals surface area contributed by atoms with E-state index < -0.39 is 22.5 Å². The van der Waals surface area contributed by atoms with Gasteiger partial charge in [0.15, 0.2) is 0 Å². The Labute approximate surface area is 218 Å². The molecule has 0 radical (unpaired) electrons. The van der Waals surface area contributed by atoms with Gasteiger partial charge in [0.25, 0.3) is 10.0 Å². The maximum absolute atomic E-state index is 13.5. The van der Waals surface area contributed by atoms with Crippen LogP contribution in [0.4, 0.5) is 11.4 Å². The number of rotatable bonds is 8. The van der Waals surface area contributed by atoms with E-state index in [1.54, 1.807) is 30.3 Å². The molecule has 0 aliphatic heterocycles. The van der Waals surface area contributed by atoms with Crippen LogP contribution in [0.25, 0.3) is 0 Å². The first-order valence-electron chi connectivity index (χ1n) is 10.5. The largest absolute Gasteiger partial charge is 0.323 e. The number of hydrogen-bond donors (Lipinski definition) is 1. The average Bonchev–Trinajstić information content (AvgIpc) is 2.84. The van der Waals surface area contributed by atoms with Gasteiger partial charge in [0, 0.05) is 19.8 Å². The zero-order chi connectivity index (χ0) is 24.8. The number of para-hydroxylation sites is 1. The van der Waals surface area contributed by atoms with E-state index in [1.165, 1.54) is 42.1 Å². The second-order valence-electron chi connectivity index (χ2n) is 7.41. The fourth-order valence-electron chi connectivity index (χ4n) is 3.31. The maximum atomic E-state index is 13.5. The quantitative estimate of drug-likeness (QED) is 0.261. The van der Waals surface area contributed by atoms with E-state index in [0.29, 0.717) is 5.69 Å². The molecule has 0 bridgehead atoms. The molecule has 1 amide bonds. The molecule has 4 aromatic carbocycles. The molecule has 0 unspecified atom stereocenters. The molecular formula is C26H20Cl2N2O3S2. The van der Waals surface area contributed by atoms with E-state index in [-0.39, 0.29) is 20.6 Å². The molecule has 4 aromatic rings. The van der Waals surface area contributed by atoms with Gasteiger partial charge in [-0.05, 0) is 54.6 Å². The van der Waals surface area contributed by atoms with E-state index in [9.17, 15) is 13.2 Å². The minimum atomic E-state index is -4.08. The summed E-state index contributed by atoms with van der Waals surface area (Å²) in [5.74, 6) is -0.512. The summed E-state index contributed by atoms with van der Waals surface area (Å²) in [6.45, 7) is -0.474. The van der Waals surface area contributed by atoms with Gasteiger partial charge in [0.05, 0.1) is 16.3 Å². The number of nitrogens with one attached hydrogen (secondary N) is 1. The van der Waals surface area contributed by atoms with Crippen molar-refractivity contribution < 1.29 is 13.2 Å². The molecule has 9 heteroatoms. The molecule has 0 saturated heterocycles. The van der Waals surface area contributed by atoms with Crippen LogP contribution in [0.5, 0.6) is 0 Å². The highest BCUT2D eigenvalue weighted by molar-refractivity contribution is 7.99. The van der Waals surface area contributed by atoms with Gasteiger partial charge in [-0.25, -0.2) is 8.42 Å². The molecule has 0 saturated carbocycles. The molecule has 0 spiro atoms. The molecule has 0 atom stereocenters. The molecule has 5 nitrogen and oxygen atoms in total. The molecule has 35 heavy (non-hydrogen) atoms. The van der Waals surface area contributed by atoms with Gasteiger partial charge in [-0.15, -0.1) is 0 Å². The number of amides is 1. The molecule has 0 fully saturated rings. The van der Waals surface area contributed by atoms with Gasteiger partial charge in [-0.3, -0.25) is 9.10 Å². The minimum Gasteiger partial charge on any atom is -0.323 e. The molecule has 178 valence electrons. The molecule has 0 heterocycles. The third-order valence-corrected chi connectivity index (χ3v) is 8.19. The van der Waals surface area contributed by atoms with Crippen LogP contribution >= 0.6 is 35.0 Å². The van der Waals surface area contributed by atoms with Gasteiger partial charge in [0.2, 0.25) is 5.91 Å². The summed E-state index contributed by atoms with van der Waals surface area (Å²) >= 11 is 13.8. The Bertz CT molecular complexity index is 1410. The Hall–Kier alpha value is -2.97. The van der Waals surface area contributed by atoms with E-state index in [1.807, 2.05) is 42.5 Å². The summed E-state index contributed by atoms with van der Waals surface area (Å²) in [7, 11) is -4.08. The summed E-state index contributed by atoms with van der Waals surface area (Å²) in [5.41, 5.74) is 0.765. The van der Waals surface area contributed by atoms with Gasteiger partial charge in [-0.1, -0.05) is 83.5 Å². The average molecular weight is 543 g/mol. The Kier molecular flexibility index (Phi) is 8.03. The van der Waals surface area contributed by atoms with Crippen LogP contribution in [-0.2, 0) is 14.8 Å². The summed E-state index contributed by atoms with van der Waals surface area (Å²) in [6, 6.07) is 29.4. The highest BCUT2D eigenvalue weighted by Crippen LogP contribution is 2.34. The molecule has 0 aliphatic rings. The van der Waals surface area contributed by atoms with Crippen LogP contribution in [0.15, 0.2) is 118 Å². The number of carbonyl (C=O) groups is 1. The highest BCUT2D eigenvalue weighted by atomic mass is 35.5. The summed E-state index contributed by atoms with van der Waals surface area (Å²) in [4.78, 5) is 15.0. The number of anilines is 2. The van der Waals surface area contributed by atoms with Crippen molar-refractivity contribution in [3.63, 3.8) is 0 Å². The van der Waals surface area contributed by atoms with Crippen LogP contribution in [0.2, 0.25) is 10.0 Å². The number of halogens is 2. The number of nitrogens with zero attached hydrogens (tertiary/aromatic N) is 1. The van der Waals surface area contributed by atoms with E-state index in [0.717, 1.165) is 14.1 Å². The number of sulfonamides is 1. The third kappa shape index (κ3) is 6.38. The number of hydrogen-bond acceptors (Lipinski definition) is 4. The zero-order valence-corrected chi connectivity index (χ0v) is 21.4. The maximum Gasteiger partial charge on any atom is 0.264 e. The first-order valence-corrected chi connectivity index (χ1v) is 13.5. The standard InChI is InChI=1S/C26H20Cl2N2O3S2/c27-19-15-20(28)17-21(16-19)30(35(32,33)23-11-5-2-6-12-23)18-26(31)29-24-13-7-8-14-25(24)34-22-9-3-1-4-10-22/h1-17H,18H2,(H,29,31). The van der Waals surface area contributed by atoms with Crippen molar-refractivity contribution in [2.45, 2.75) is 14.7 Å². The molecule has 0 aromatic heterocycles. The fraction of sp³-hybridized carbons (Fsp3) is 0.0385. The van der Waals surface area contributed by atoms with Crippen LogP contribution in [0.1, 0.15) is 0 Å². The molecular weight excluding hydrogens is 523 g/mol. The summed E-state index contributed by atoms with van der Waals surface area (Å²) < 4.78 is 28.0. The van der Waals surface area contributed by atoms with Gasteiger partial charge >= 0.3 is 0 Å². The first kappa shape index (κ1) is 25.1. The fourth-order valence-corrected chi connectivity index (χ4v) is 6.18. The predicted octanol–water partition coefficient (Wildman–Crippen LogP) is 6.98. The number of benzene rings is 4. The third-order valence-electron chi connectivity index (χ3n) is 4.89. The van der Waals surface area contributed by atoms with E-state index in [2.05, 4.69) is 5.32 Å². The molecule has 0 aliphatic carbocycles. The SMILES string of the molecule is O=C(CN(c1cc(Cl)cc(Cl)c1)S(=O)(=O)c1ccccc1)Nc1ccccc1Sc1ccccc1. The van der Waals surface area contributed by atoms with Crippen molar-refractivity contribution in [2.75, 3.05) is 16.2 Å². The molecule has 4 rings (SSSR count). The van der Waals surface area contributed by atoms with Crippen LogP contribution in [0.3, 0.4) is 0 Å². The van der Waals surface area contributed by atoms with E-state index >= 15 is 0 Å². The van der Waals surface area contributed by atoms with Crippen molar-refractivity contribution >= 4 is 62.3 Å². The highest BCUT2D eigenvalue weighted by Gasteiger charge is 2.28. The van der Waals surface area contributed by atoms with Crippen molar-refractivity contribution in [1.29, 1.82) is 0 Å². The monoisotopic (exact) mass is 542 g/mol. The van der Waals surface area contributed by atoms with Crippen molar-refractivity contribution in [2.24, 2.45) is 0 Å². The van der Waals surface area contributed by atoms with Crippen molar-refractivity contribution in [1.82, 2.24) is 0 Å². The van der Waals surface area contributed by atoms with E-state index in [4.69, 9.17) is 23.2 Å². The van der Waals surface area contributed by atoms with Crippen LogP contribution in [-0.4, -0.2) is 20.9 Å². The van der Waals surface area contributed by atoms with Crippen LogP contribution in [0, 0.1) is 0 Å². The van der Waals surface area contributed by atoms with Crippen molar-refractivity contribution in [3.05, 3.63) is 113 Å². The lowest BCUT2D eigenvalue weighted by Crippen LogP contribution is -2.38. The predicted molar refractivity (Wildman–Crippen MR) is 143 cm³/mol. The second kappa shape index (κ2) is 11.2. The van der Waals surface area contributed by atoms with Crippen molar-refractivity contribution in [3.8, 4) is 0 Å². The Morgan fingerprint density at radius 1 is 0.800 bits per heavy atom. The lowest BCUT2D eigenvalue weighted by Gasteiger charge is -2.24. The van der Waals surface area contributed by atoms with Gasteiger partial charge in [0.1, 0.15) is 6.54 Å². The smallest absolute Gasteiger partial charge is 0.264 e. The zero-order valence-electron chi connectivity index (χ0n) is 18.3.